The first kappa shape index (κ1) is 13.2. The highest BCUT2D eigenvalue weighted by molar-refractivity contribution is 5.53. The first-order chi connectivity index (χ1) is 8.88. The molecule has 0 atom stereocenters. The van der Waals surface area contributed by atoms with Gasteiger partial charge in [0.1, 0.15) is 0 Å². The van der Waals surface area contributed by atoms with Crippen LogP contribution in [0.3, 0.4) is 0 Å². The second-order valence-corrected chi connectivity index (χ2v) is 5.21. The van der Waals surface area contributed by atoms with Gasteiger partial charge in [-0.25, -0.2) is 0 Å². The Balaban J connectivity index is 1.73. The van der Waals surface area contributed by atoms with Crippen LogP contribution >= 0.6 is 0 Å². The number of aromatic nitrogens is 1. The molecule has 0 unspecified atom stereocenters. The molecule has 18 heavy (non-hydrogen) atoms. The lowest BCUT2D eigenvalue weighted by Gasteiger charge is -2.21. The third-order valence-corrected chi connectivity index (χ3v) is 3.73. The van der Waals surface area contributed by atoms with Gasteiger partial charge in [-0.15, -0.1) is 0 Å². The molecular weight excluding hydrogens is 222 g/mol. The fraction of sp³-hybridized carbons (Fsp3) is 0.667. The molecule has 0 saturated heterocycles. The summed E-state index contributed by atoms with van der Waals surface area (Å²) in [5.74, 6) is 0.941. The number of nitrogens with zero attached hydrogens (tertiary/aromatic N) is 1. The molecule has 0 aromatic carbocycles. The van der Waals surface area contributed by atoms with Crippen LogP contribution in [0.25, 0.3) is 0 Å². The second kappa shape index (κ2) is 7.24. The van der Waals surface area contributed by atoms with Gasteiger partial charge in [0.15, 0.2) is 0 Å². The minimum atomic E-state index is 0.938. The summed E-state index contributed by atoms with van der Waals surface area (Å²) in [5.41, 5.74) is 2.23. The van der Waals surface area contributed by atoms with Crippen molar-refractivity contribution in [2.24, 2.45) is 5.92 Å². The number of pyridine rings is 1. The molecule has 0 aliphatic heterocycles. The maximum atomic E-state index is 4.24. The molecule has 0 spiro atoms. The maximum absolute atomic E-state index is 4.24. The molecule has 1 aromatic rings. The SMILES string of the molecule is CCNc1cncc(NCCC2CCCCC2)c1. The lowest BCUT2D eigenvalue weighted by molar-refractivity contribution is 0.345. The Bertz CT molecular complexity index is 345. The highest BCUT2D eigenvalue weighted by atomic mass is 14.9. The van der Waals surface area contributed by atoms with Crippen molar-refractivity contribution in [2.75, 3.05) is 23.7 Å². The molecular formula is C15H25N3. The van der Waals surface area contributed by atoms with Gasteiger partial charge in [-0.1, -0.05) is 32.1 Å². The van der Waals surface area contributed by atoms with Crippen LogP contribution in [0.1, 0.15) is 45.4 Å². The second-order valence-electron chi connectivity index (χ2n) is 5.21. The van der Waals surface area contributed by atoms with E-state index in [1.165, 1.54) is 38.5 Å². The van der Waals surface area contributed by atoms with Gasteiger partial charge in [0.2, 0.25) is 0 Å². The van der Waals surface area contributed by atoms with Crippen molar-refractivity contribution in [3.05, 3.63) is 18.5 Å². The molecule has 1 saturated carbocycles. The lowest BCUT2D eigenvalue weighted by Crippen LogP contribution is -2.12. The van der Waals surface area contributed by atoms with E-state index in [9.17, 15) is 0 Å². The van der Waals surface area contributed by atoms with Crippen LogP contribution in [0, 0.1) is 5.92 Å². The maximum Gasteiger partial charge on any atom is 0.0547 e. The average Bonchev–Trinajstić information content (AvgIpc) is 2.41. The van der Waals surface area contributed by atoms with Gasteiger partial charge >= 0.3 is 0 Å². The van der Waals surface area contributed by atoms with Crippen LogP contribution < -0.4 is 10.6 Å². The van der Waals surface area contributed by atoms with Crippen LogP contribution in [-0.2, 0) is 0 Å². The molecule has 0 radical (unpaired) electrons. The normalized spacial score (nSPS) is 16.5. The molecule has 3 heteroatoms. The Morgan fingerprint density at radius 3 is 2.56 bits per heavy atom. The van der Waals surface area contributed by atoms with Crippen LogP contribution in [0.2, 0.25) is 0 Å². The molecule has 2 rings (SSSR count). The molecule has 1 aliphatic carbocycles. The molecule has 3 nitrogen and oxygen atoms in total. The van der Waals surface area contributed by atoms with Crippen molar-refractivity contribution in [3.8, 4) is 0 Å². The van der Waals surface area contributed by atoms with E-state index in [0.29, 0.717) is 0 Å². The highest BCUT2D eigenvalue weighted by Crippen LogP contribution is 2.26. The largest absolute Gasteiger partial charge is 0.384 e. The van der Waals surface area contributed by atoms with Gasteiger partial charge in [0, 0.05) is 13.1 Å². The van der Waals surface area contributed by atoms with E-state index in [1.807, 2.05) is 12.4 Å². The smallest absolute Gasteiger partial charge is 0.0547 e. The summed E-state index contributed by atoms with van der Waals surface area (Å²) in [5, 5.41) is 6.77. The number of hydrogen-bond donors (Lipinski definition) is 2. The third kappa shape index (κ3) is 4.21. The van der Waals surface area contributed by atoms with E-state index in [2.05, 4.69) is 28.6 Å². The number of nitrogens with one attached hydrogen (secondary N) is 2. The Morgan fingerprint density at radius 2 is 1.83 bits per heavy atom. The van der Waals surface area contributed by atoms with Gasteiger partial charge in [0.05, 0.1) is 23.8 Å². The summed E-state index contributed by atoms with van der Waals surface area (Å²) < 4.78 is 0. The average molecular weight is 247 g/mol. The molecule has 2 N–H and O–H groups in total. The van der Waals surface area contributed by atoms with Crippen molar-refractivity contribution in [3.63, 3.8) is 0 Å². The van der Waals surface area contributed by atoms with Gasteiger partial charge in [0.25, 0.3) is 0 Å². The van der Waals surface area contributed by atoms with E-state index in [4.69, 9.17) is 0 Å². The molecule has 0 amide bonds. The van der Waals surface area contributed by atoms with Gasteiger partial charge in [-0.05, 0) is 25.3 Å². The van der Waals surface area contributed by atoms with Crippen LogP contribution in [-0.4, -0.2) is 18.1 Å². The molecule has 1 fully saturated rings. The van der Waals surface area contributed by atoms with Crippen molar-refractivity contribution >= 4 is 11.4 Å². The van der Waals surface area contributed by atoms with E-state index >= 15 is 0 Å². The minimum Gasteiger partial charge on any atom is -0.384 e. The molecule has 1 aromatic heterocycles. The lowest BCUT2D eigenvalue weighted by atomic mass is 9.87. The van der Waals surface area contributed by atoms with Crippen LogP contribution in [0.4, 0.5) is 11.4 Å². The van der Waals surface area contributed by atoms with Gasteiger partial charge in [-0.3, -0.25) is 4.98 Å². The Morgan fingerprint density at radius 1 is 1.11 bits per heavy atom. The molecule has 100 valence electrons. The first-order valence-electron chi connectivity index (χ1n) is 7.31. The topological polar surface area (TPSA) is 37.0 Å². The fourth-order valence-electron chi connectivity index (χ4n) is 2.73. The van der Waals surface area contributed by atoms with Gasteiger partial charge < -0.3 is 10.6 Å². The summed E-state index contributed by atoms with van der Waals surface area (Å²) >= 11 is 0. The predicted octanol–water partition coefficient (Wildman–Crippen LogP) is 3.90. The number of rotatable bonds is 6. The quantitative estimate of drug-likeness (QED) is 0.800. The van der Waals surface area contributed by atoms with E-state index < -0.39 is 0 Å². The molecule has 1 aliphatic rings. The number of hydrogen-bond acceptors (Lipinski definition) is 3. The van der Waals surface area contributed by atoms with Crippen LogP contribution in [0.15, 0.2) is 18.5 Å². The fourth-order valence-corrected chi connectivity index (χ4v) is 2.73. The van der Waals surface area contributed by atoms with Crippen molar-refractivity contribution < 1.29 is 0 Å². The highest BCUT2D eigenvalue weighted by Gasteiger charge is 2.12. The molecule has 0 bridgehead atoms. The minimum absolute atomic E-state index is 0.938. The zero-order chi connectivity index (χ0) is 12.6. The summed E-state index contributed by atoms with van der Waals surface area (Å²) in [4.78, 5) is 4.24. The van der Waals surface area contributed by atoms with Crippen molar-refractivity contribution in [1.29, 1.82) is 0 Å². The Hall–Kier alpha value is -1.25. The third-order valence-electron chi connectivity index (χ3n) is 3.73. The monoisotopic (exact) mass is 247 g/mol. The van der Waals surface area contributed by atoms with Gasteiger partial charge in [-0.2, -0.15) is 0 Å². The zero-order valence-electron chi connectivity index (χ0n) is 11.4. The van der Waals surface area contributed by atoms with Crippen LogP contribution in [0.5, 0.6) is 0 Å². The Labute approximate surface area is 110 Å². The zero-order valence-corrected chi connectivity index (χ0v) is 11.4. The first-order valence-corrected chi connectivity index (χ1v) is 7.31. The summed E-state index contributed by atoms with van der Waals surface area (Å²) in [7, 11) is 0. The van der Waals surface area contributed by atoms with E-state index in [0.717, 1.165) is 30.4 Å². The summed E-state index contributed by atoms with van der Waals surface area (Å²) in [6, 6.07) is 2.14. The number of anilines is 2. The summed E-state index contributed by atoms with van der Waals surface area (Å²) in [6.45, 7) is 4.11. The Kier molecular flexibility index (Phi) is 5.31. The predicted molar refractivity (Wildman–Crippen MR) is 78.1 cm³/mol. The van der Waals surface area contributed by atoms with Crippen molar-refractivity contribution in [2.45, 2.75) is 45.4 Å². The standard InChI is InChI=1S/C15H25N3/c1-2-17-14-10-15(12-16-11-14)18-9-8-13-6-4-3-5-7-13/h10-13,17-18H,2-9H2,1H3. The van der Waals surface area contributed by atoms with E-state index in [-0.39, 0.29) is 0 Å². The van der Waals surface area contributed by atoms with Crippen molar-refractivity contribution in [1.82, 2.24) is 4.98 Å². The molecule has 1 heterocycles. The van der Waals surface area contributed by atoms with E-state index in [1.54, 1.807) is 0 Å². The summed E-state index contributed by atoms with van der Waals surface area (Å²) in [6.07, 6.45) is 12.2.